The van der Waals surface area contributed by atoms with Gasteiger partial charge in [0.1, 0.15) is 0 Å². The number of ether oxygens (including phenoxy) is 1. The zero-order valence-corrected chi connectivity index (χ0v) is 16.1. The summed E-state index contributed by atoms with van der Waals surface area (Å²) in [6.45, 7) is 4.15. The molecule has 3 nitrogen and oxygen atoms in total. The van der Waals surface area contributed by atoms with Gasteiger partial charge in [0.25, 0.3) is 0 Å². The molecular weight excluding hydrogens is 346 g/mol. The highest BCUT2D eigenvalue weighted by Gasteiger charge is 2.60. The molecule has 1 unspecified atom stereocenters. The normalized spacial score (nSPS) is 33.9. The number of carbonyl (C=O) groups is 1. The van der Waals surface area contributed by atoms with E-state index in [1.54, 1.807) is 0 Å². The van der Waals surface area contributed by atoms with E-state index in [-0.39, 0.29) is 17.3 Å². The van der Waals surface area contributed by atoms with Gasteiger partial charge in [-0.2, -0.15) is 0 Å². The molecule has 1 spiro atoms. The van der Waals surface area contributed by atoms with Gasteiger partial charge in [0.2, 0.25) is 0 Å². The maximum absolute atomic E-state index is 12.9. The molecule has 2 aliphatic carbocycles. The Morgan fingerprint density at radius 1 is 1.38 bits per heavy atom. The lowest BCUT2D eigenvalue weighted by Crippen LogP contribution is -2.55. The van der Waals surface area contributed by atoms with Gasteiger partial charge in [0.15, 0.2) is 0 Å². The quantitative estimate of drug-likeness (QED) is 0.552. The third-order valence-electron chi connectivity index (χ3n) is 7.28. The fourth-order valence-corrected chi connectivity index (χ4v) is 6.43. The van der Waals surface area contributed by atoms with E-state index in [9.17, 15) is 4.79 Å². The number of methoxy groups -OCH3 is 1. The number of aryl methyl sites for hydroxylation is 1. The van der Waals surface area contributed by atoms with Crippen LogP contribution in [0.25, 0.3) is 0 Å². The Balaban J connectivity index is 1.82. The fraction of sp³-hybridized carbons (Fsp3) is 0.500. The third-order valence-corrected chi connectivity index (χ3v) is 7.52. The van der Waals surface area contributed by atoms with Gasteiger partial charge in [0, 0.05) is 41.1 Å². The van der Waals surface area contributed by atoms with Gasteiger partial charge >= 0.3 is 5.97 Å². The first-order valence-corrected chi connectivity index (χ1v) is 9.97. The minimum atomic E-state index is -0.131. The van der Waals surface area contributed by atoms with Crippen LogP contribution in [0.1, 0.15) is 37.3 Å². The maximum atomic E-state index is 12.9. The molecule has 5 rings (SSSR count). The first-order chi connectivity index (χ1) is 12.6. The number of hydrogen-bond acceptors (Lipinski definition) is 3. The minimum Gasteiger partial charge on any atom is -0.466 e. The van der Waals surface area contributed by atoms with E-state index in [2.05, 4.69) is 30.0 Å². The summed E-state index contributed by atoms with van der Waals surface area (Å²) in [5.74, 6) is 0.0867. The van der Waals surface area contributed by atoms with E-state index >= 15 is 0 Å². The second-order valence-electron chi connectivity index (χ2n) is 8.04. The lowest BCUT2D eigenvalue weighted by Gasteiger charge is -2.53. The predicted octanol–water partition coefficient (Wildman–Crippen LogP) is 4.05. The van der Waals surface area contributed by atoms with Crippen LogP contribution >= 0.6 is 11.6 Å². The van der Waals surface area contributed by atoms with Crippen LogP contribution in [0.15, 0.2) is 41.0 Å². The van der Waals surface area contributed by atoms with Crippen LogP contribution in [0.3, 0.4) is 0 Å². The molecule has 1 aromatic rings. The number of piperidine rings is 1. The van der Waals surface area contributed by atoms with Crippen LogP contribution in [0, 0.1) is 5.92 Å². The predicted molar refractivity (Wildman–Crippen MR) is 102 cm³/mol. The number of benzene rings is 1. The molecule has 2 saturated heterocycles. The second-order valence-corrected chi connectivity index (χ2v) is 8.48. The Bertz CT molecular complexity index is 871. The van der Waals surface area contributed by atoms with Gasteiger partial charge in [-0.05, 0) is 61.4 Å². The van der Waals surface area contributed by atoms with Crippen LogP contribution in [0.2, 0.25) is 5.02 Å². The molecule has 3 atom stereocenters. The van der Waals surface area contributed by atoms with Crippen molar-refractivity contribution in [3.05, 3.63) is 57.1 Å². The highest BCUT2D eigenvalue weighted by Crippen LogP contribution is 2.60. The van der Waals surface area contributed by atoms with Gasteiger partial charge in [-0.25, -0.2) is 4.79 Å². The molecule has 0 amide bonds. The first kappa shape index (κ1) is 16.6. The molecule has 0 saturated carbocycles. The molecule has 2 heterocycles. The van der Waals surface area contributed by atoms with Crippen molar-refractivity contribution in [1.29, 1.82) is 0 Å². The molecule has 0 aromatic heterocycles. The molecule has 4 heteroatoms. The number of carbonyl (C=O) groups excluding carboxylic acids is 1. The summed E-state index contributed by atoms with van der Waals surface area (Å²) in [5, 5.41) is 0.796. The Labute approximate surface area is 159 Å². The maximum Gasteiger partial charge on any atom is 0.334 e. The smallest absolute Gasteiger partial charge is 0.334 e. The third kappa shape index (κ3) is 1.96. The highest BCUT2D eigenvalue weighted by molar-refractivity contribution is 6.30. The number of rotatable bonds is 1. The summed E-state index contributed by atoms with van der Waals surface area (Å²) in [7, 11) is 1.52. The van der Waals surface area contributed by atoms with Crippen LogP contribution in [-0.2, 0) is 21.4 Å². The van der Waals surface area contributed by atoms with E-state index in [1.807, 2.05) is 6.07 Å². The van der Waals surface area contributed by atoms with Gasteiger partial charge in [0.05, 0.1) is 7.11 Å². The lowest BCUT2D eigenvalue weighted by molar-refractivity contribution is -0.137. The summed E-state index contributed by atoms with van der Waals surface area (Å²) >= 11 is 6.42. The summed E-state index contributed by atoms with van der Waals surface area (Å²) in [6, 6.07) is 6.83. The van der Waals surface area contributed by atoms with E-state index in [4.69, 9.17) is 16.3 Å². The van der Waals surface area contributed by atoms with Crippen LogP contribution in [0.4, 0.5) is 0 Å². The molecule has 2 bridgehead atoms. The van der Waals surface area contributed by atoms with Crippen molar-refractivity contribution in [2.75, 3.05) is 20.2 Å². The number of fused-ring (bicyclic) bond motifs is 2. The standard InChI is InChI=1S/C22H24ClNO2/c1-3-13-12-24-9-8-22-17(7-5-14-4-6-15(23)10-18(14)22)20(21(25)26-2)16(13)11-19(22)24/h3-4,6,10,16,19H,5,7-9,11-12H2,1-2H3/b13-3-/t16?,19-,22+/m0/s1. The number of hydrogen-bond donors (Lipinski definition) is 0. The van der Waals surface area contributed by atoms with Crippen molar-refractivity contribution in [2.45, 2.75) is 44.1 Å². The Morgan fingerprint density at radius 2 is 2.23 bits per heavy atom. The molecular formula is C22H24ClNO2. The van der Waals surface area contributed by atoms with Crippen molar-refractivity contribution < 1.29 is 9.53 Å². The van der Waals surface area contributed by atoms with Gasteiger partial charge in [-0.3, -0.25) is 4.90 Å². The van der Waals surface area contributed by atoms with Gasteiger partial charge < -0.3 is 4.74 Å². The van der Waals surface area contributed by atoms with Gasteiger partial charge in [-0.15, -0.1) is 0 Å². The van der Waals surface area contributed by atoms with Crippen molar-refractivity contribution in [3.8, 4) is 0 Å². The molecule has 2 aliphatic heterocycles. The zero-order valence-electron chi connectivity index (χ0n) is 15.3. The SMILES string of the molecule is C/C=C1/CN2CC[C@]34C(=C(C(=O)OC)C1C[C@H]23)CCc1ccc(Cl)cc14. The first-order valence-electron chi connectivity index (χ1n) is 9.60. The Morgan fingerprint density at radius 3 is 3.00 bits per heavy atom. The number of halogens is 1. The van der Waals surface area contributed by atoms with Crippen LogP contribution in [0.5, 0.6) is 0 Å². The van der Waals surface area contributed by atoms with Crippen molar-refractivity contribution >= 4 is 17.6 Å². The molecule has 0 radical (unpaired) electrons. The molecule has 1 aromatic carbocycles. The highest BCUT2D eigenvalue weighted by atomic mass is 35.5. The Kier molecular flexibility index (Phi) is 3.64. The fourth-order valence-electron chi connectivity index (χ4n) is 6.26. The Hall–Kier alpha value is -1.58. The molecule has 2 fully saturated rings. The average molecular weight is 370 g/mol. The largest absolute Gasteiger partial charge is 0.466 e. The van der Waals surface area contributed by atoms with Crippen LogP contribution in [-0.4, -0.2) is 37.1 Å². The van der Waals surface area contributed by atoms with E-state index < -0.39 is 0 Å². The molecule has 26 heavy (non-hydrogen) atoms. The van der Waals surface area contributed by atoms with E-state index in [1.165, 1.54) is 29.4 Å². The van der Waals surface area contributed by atoms with E-state index in [0.717, 1.165) is 49.4 Å². The number of allylic oxidation sites excluding steroid dienone is 1. The van der Waals surface area contributed by atoms with Crippen molar-refractivity contribution in [3.63, 3.8) is 0 Å². The minimum absolute atomic E-state index is 0.0578. The number of nitrogens with zero attached hydrogens (tertiary/aromatic N) is 1. The van der Waals surface area contributed by atoms with E-state index in [0.29, 0.717) is 6.04 Å². The summed E-state index contributed by atoms with van der Waals surface area (Å²) in [4.78, 5) is 15.5. The number of esters is 1. The summed E-state index contributed by atoms with van der Waals surface area (Å²) in [5.41, 5.74) is 6.37. The molecule has 136 valence electrons. The molecule has 0 N–H and O–H groups in total. The van der Waals surface area contributed by atoms with Crippen molar-refractivity contribution in [1.82, 2.24) is 4.90 Å². The molecule has 4 aliphatic rings. The second kappa shape index (κ2) is 5.71. The lowest BCUT2D eigenvalue weighted by atomic mass is 9.54. The topological polar surface area (TPSA) is 29.5 Å². The van der Waals surface area contributed by atoms with Gasteiger partial charge in [-0.1, -0.05) is 29.3 Å². The van der Waals surface area contributed by atoms with Crippen LogP contribution < -0.4 is 0 Å². The average Bonchev–Trinajstić information content (AvgIpc) is 3.06. The monoisotopic (exact) mass is 369 g/mol. The van der Waals surface area contributed by atoms with Crippen molar-refractivity contribution in [2.24, 2.45) is 5.92 Å². The zero-order chi connectivity index (χ0) is 18.1. The summed E-state index contributed by atoms with van der Waals surface area (Å²) < 4.78 is 5.27. The summed E-state index contributed by atoms with van der Waals surface area (Å²) in [6.07, 6.45) is 6.24.